The summed E-state index contributed by atoms with van der Waals surface area (Å²) in [6, 6.07) is 3.35. The molecule has 0 radical (unpaired) electrons. The summed E-state index contributed by atoms with van der Waals surface area (Å²) >= 11 is 0. The molecule has 96 valence electrons. The quantitative estimate of drug-likeness (QED) is 0.661. The van der Waals surface area contributed by atoms with Gasteiger partial charge in [0, 0.05) is 12.1 Å². The SMILES string of the molecule is O=[N+]([O-])c1ccc(F)cc1NCC1CCC=CO1. The van der Waals surface area contributed by atoms with E-state index < -0.39 is 10.7 Å². The average Bonchev–Trinajstić information content (AvgIpc) is 2.37. The number of anilines is 1. The molecule has 0 bridgehead atoms. The van der Waals surface area contributed by atoms with E-state index in [1.807, 2.05) is 6.08 Å². The third-order valence-electron chi connectivity index (χ3n) is 2.70. The van der Waals surface area contributed by atoms with Crippen LogP contribution in [0, 0.1) is 15.9 Å². The molecule has 0 saturated heterocycles. The summed E-state index contributed by atoms with van der Waals surface area (Å²) in [6.45, 7) is 0.411. The number of nitro groups is 1. The predicted molar refractivity (Wildman–Crippen MR) is 64.8 cm³/mol. The third kappa shape index (κ3) is 2.97. The lowest BCUT2D eigenvalue weighted by Crippen LogP contribution is -2.23. The number of hydrogen-bond acceptors (Lipinski definition) is 4. The number of benzene rings is 1. The number of rotatable bonds is 4. The summed E-state index contributed by atoms with van der Waals surface area (Å²) in [5.74, 6) is -0.507. The monoisotopic (exact) mass is 252 g/mol. The molecule has 0 aromatic heterocycles. The number of nitrogens with one attached hydrogen (secondary N) is 1. The summed E-state index contributed by atoms with van der Waals surface area (Å²) in [7, 11) is 0. The summed E-state index contributed by atoms with van der Waals surface area (Å²) in [6.07, 6.45) is 5.25. The maximum atomic E-state index is 13.1. The lowest BCUT2D eigenvalue weighted by atomic mass is 10.1. The largest absolute Gasteiger partial charge is 0.497 e. The van der Waals surface area contributed by atoms with Crippen LogP contribution >= 0.6 is 0 Å². The van der Waals surface area contributed by atoms with E-state index >= 15 is 0 Å². The number of hydrogen-bond donors (Lipinski definition) is 1. The van der Waals surface area contributed by atoms with E-state index in [1.165, 1.54) is 0 Å². The molecular formula is C12H13FN2O3. The highest BCUT2D eigenvalue weighted by atomic mass is 19.1. The molecule has 1 aliphatic heterocycles. The summed E-state index contributed by atoms with van der Waals surface area (Å²) < 4.78 is 18.4. The smallest absolute Gasteiger partial charge is 0.292 e. The average molecular weight is 252 g/mol. The molecule has 6 heteroatoms. The molecule has 1 aliphatic rings. The van der Waals surface area contributed by atoms with Gasteiger partial charge in [-0.3, -0.25) is 10.1 Å². The van der Waals surface area contributed by atoms with Gasteiger partial charge < -0.3 is 10.1 Å². The van der Waals surface area contributed by atoms with E-state index in [4.69, 9.17) is 4.74 Å². The van der Waals surface area contributed by atoms with Gasteiger partial charge in [0.25, 0.3) is 5.69 Å². The second kappa shape index (κ2) is 5.48. The van der Waals surface area contributed by atoms with Gasteiger partial charge in [-0.15, -0.1) is 0 Å². The van der Waals surface area contributed by atoms with Crippen LogP contribution in [-0.4, -0.2) is 17.6 Å². The number of nitrogens with zero attached hydrogens (tertiary/aromatic N) is 1. The highest BCUT2D eigenvalue weighted by Gasteiger charge is 2.16. The number of allylic oxidation sites excluding steroid dienone is 1. The second-order valence-corrected chi connectivity index (χ2v) is 4.01. The van der Waals surface area contributed by atoms with E-state index in [0.29, 0.717) is 6.54 Å². The molecule has 0 aliphatic carbocycles. The van der Waals surface area contributed by atoms with Crippen molar-refractivity contribution in [1.29, 1.82) is 0 Å². The first kappa shape index (κ1) is 12.3. The Morgan fingerprint density at radius 3 is 3.06 bits per heavy atom. The van der Waals surface area contributed by atoms with Crippen molar-refractivity contribution < 1.29 is 14.1 Å². The van der Waals surface area contributed by atoms with Crippen LogP contribution in [0.15, 0.2) is 30.5 Å². The molecule has 1 heterocycles. The summed E-state index contributed by atoms with van der Waals surface area (Å²) in [5, 5.41) is 13.6. The minimum Gasteiger partial charge on any atom is -0.497 e. The topological polar surface area (TPSA) is 64.4 Å². The van der Waals surface area contributed by atoms with Crippen molar-refractivity contribution in [3.05, 3.63) is 46.5 Å². The maximum absolute atomic E-state index is 13.1. The fourth-order valence-corrected chi connectivity index (χ4v) is 1.77. The van der Waals surface area contributed by atoms with Crippen molar-refractivity contribution in [3.63, 3.8) is 0 Å². The zero-order chi connectivity index (χ0) is 13.0. The summed E-state index contributed by atoms with van der Waals surface area (Å²) in [5.41, 5.74) is 0.0425. The summed E-state index contributed by atoms with van der Waals surface area (Å²) in [4.78, 5) is 10.2. The highest BCUT2D eigenvalue weighted by Crippen LogP contribution is 2.25. The molecule has 5 nitrogen and oxygen atoms in total. The molecule has 0 fully saturated rings. The maximum Gasteiger partial charge on any atom is 0.292 e. The van der Waals surface area contributed by atoms with Crippen LogP contribution < -0.4 is 5.32 Å². The van der Waals surface area contributed by atoms with Crippen LogP contribution in [0.1, 0.15) is 12.8 Å². The second-order valence-electron chi connectivity index (χ2n) is 4.01. The Bertz CT molecular complexity index is 476. The van der Waals surface area contributed by atoms with Gasteiger partial charge in [0.1, 0.15) is 17.6 Å². The van der Waals surface area contributed by atoms with Crippen LogP contribution in [0.2, 0.25) is 0 Å². The van der Waals surface area contributed by atoms with Crippen LogP contribution in [0.4, 0.5) is 15.8 Å². The Balaban J connectivity index is 2.05. The Kier molecular flexibility index (Phi) is 3.76. The van der Waals surface area contributed by atoms with E-state index in [9.17, 15) is 14.5 Å². The van der Waals surface area contributed by atoms with Crippen LogP contribution in [-0.2, 0) is 4.74 Å². The van der Waals surface area contributed by atoms with Crippen molar-refractivity contribution in [1.82, 2.24) is 0 Å². The molecule has 18 heavy (non-hydrogen) atoms. The van der Waals surface area contributed by atoms with Gasteiger partial charge in [-0.25, -0.2) is 4.39 Å². The van der Waals surface area contributed by atoms with Gasteiger partial charge in [-0.2, -0.15) is 0 Å². The molecule has 2 rings (SSSR count). The van der Waals surface area contributed by atoms with Gasteiger partial charge >= 0.3 is 0 Å². The zero-order valence-electron chi connectivity index (χ0n) is 9.64. The van der Waals surface area contributed by atoms with E-state index in [-0.39, 0.29) is 17.5 Å². The van der Waals surface area contributed by atoms with E-state index in [2.05, 4.69) is 5.32 Å². The molecule has 1 aromatic rings. The van der Waals surface area contributed by atoms with Crippen LogP contribution in [0.25, 0.3) is 0 Å². The Hall–Kier alpha value is -2.11. The first-order valence-electron chi connectivity index (χ1n) is 5.65. The number of nitro benzene ring substituents is 1. The van der Waals surface area contributed by atoms with Crippen LogP contribution in [0.5, 0.6) is 0 Å². The lowest BCUT2D eigenvalue weighted by Gasteiger charge is -2.20. The minimum absolute atomic E-state index is 0.0436. The third-order valence-corrected chi connectivity index (χ3v) is 2.70. The molecule has 1 unspecified atom stereocenters. The Morgan fingerprint density at radius 1 is 1.56 bits per heavy atom. The van der Waals surface area contributed by atoms with E-state index in [0.717, 1.165) is 31.0 Å². The minimum atomic E-state index is -0.538. The molecule has 0 saturated carbocycles. The molecular weight excluding hydrogens is 239 g/mol. The highest BCUT2D eigenvalue weighted by molar-refractivity contribution is 5.61. The van der Waals surface area contributed by atoms with Gasteiger partial charge in [-0.05, 0) is 25.0 Å². The van der Waals surface area contributed by atoms with E-state index in [1.54, 1.807) is 6.26 Å². The molecule has 0 amide bonds. The van der Waals surface area contributed by atoms with Gasteiger partial charge in [0.05, 0.1) is 17.7 Å². The van der Waals surface area contributed by atoms with Crippen molar-refractivity contribution in [3.8, 4) is 0 Å². The van der Waals surface area contributed by atoms with Crippen molar-refractivity contribution >= 4 is 11.4 Å². The predicted octanol–water partition coefficient (Wildman–Crippen LogP) is 2.84. The lowest BCUT2D eigenvalue weighted by molar-refractivity contribution is -0.384. The first-order chi connectivity index (χ1) is 8.66. The normalized spacial score (nSPS) is 18.2. The van der Waals surface area contributed by atoms with Gasteiger partial charge in [0.2, 0.25) is 0 Å². The number of ether oxygens (including phenoxy) is 1. The zero-order valence-corrected chi connectivity index (χ0v) is 9.64. The first-order valence-corrected chi connectivity index (χ1v) is 5.65. The standard InChI is InChI=1S/C12H13FN2O3/c13-9-4-5-12(15(16)17)11(7-9)14-8-10-3-1-2-6-18-10/h2,4-7,10,14H,1,3,8H2. The van der Waals surface area contributed by atoms with Crippen molar-refractivity contribution in [2.24, 2.45) is 0 Å². The Labute approximate surface area is 103 Å². The molecule has 1 atom stereocenters. The molecule has 0 spiro atoms. The van der Waals surface area contributed by atoms with Gasteiger partial charge in [0.15, 0.2) is 0 Å². The fourth-order valence-electron chi connectivity index (χ4n) is 1.77. The van der Waals surface area contributed by atoms with Crippen molar-refractivity contribution in [2.45, 2.75) is 18.9 Å². The Morgan fingerprint density at radius 2 is 2.39 bits per heavy atom. The fraction of sp³-hybridized carbons (Fsp3) is 0.333. The molecule has 1 N–H and O–H groups in total. The van der Waals surface area contributed by atoms with Crippen LogP contribution in [0.3, 0.4) is 0 Å². The van der Waals surface area contributed by atoms with Crippen molar-refractivity contribution in [2.75, 3.05) is 11.9 Å². The molecule has 1 aromatic carbocycles. The number of halogens is 1. The van der Waals surface area contributed by atoms with Gasteiger partial charge in [-0.1, -0.05) is 0 Å².